The molecule has 3 N–H and O–H groups in total. The first-order valence-electron chi connectivity index (χ1n) is 5.65. The van der Waals surface area contributed by atoms with E-state index in [1.807, 2.05) is 33.0 Å². The van der Waals surface area contributed by atoms with Gasteiger partial charge in [-0.1, -0.05) is 27.7 Å². The van der Waals surface area contributed by atoms with Gasteiger partial charge in [-0.15, -0.1) is 0 Å². The predicted octanol–water partition coefficient (Wildman–Crippen LogP) is 1.14. The van der Waals surface area contributed by atoms with Crippen LogP contribution in [0.5, 0.6) is 0 Å². The van der Waals surface area contributed by atoms with E-state index in [0.29, 0.717) is 18.5 Å². The van der Waals surface area contributed by atoms with E-state index in [1.54, 1.807) is 0 Å². The van der Waals surface area contributed by atoms with Crippen molar-refractivity contribution < 1.29 is 19.5 Å². The molecule has 0 aromatic carbocycles. The quantitative estimate of drug-likeness (QED) is 0.643. The van der Waals surface area contributed by atoms with E-state index in [9.17, 15) is 14.4 Å². The molecule has 0 rings (SSSR count). The van der Waals surface area contributed by atoms with Crippen LogP contribution in [0.2, 0.25) is 0 Å². The summed E-state index contributed by atoms with van der Waals surface area (Å²) in [7, 11) is 0. The van der Waals surface area contributed by atoms with Crippen LogP contribution >= 0.6 is 0 Å². The van der Waals surface area contributed by atoms with Crippen molar-refractivity contribution in [1.29, 1.82) is 0 Å². The molecule has 0 bridgehead atoms. The van der Waals surface area contributed by atoms with Crippen LogP contribution < -0.4 is 10.6 Å². The van der Waals surface area contributed by atoms with Crippen LogP contribution in [-0.2, 0) is 9.59 Å². The molecule has 0 radical (unpaired) electrons. The molecule has 6 nitrogen and oxygen atoms in total. The van der Waals surface area contributed by atoms with E-state index < -0.39 is 17.9 Å². The van der Waals surface area contributed by atoms with Gasteiger partial charge in [-0.3, -0.25) is 10.1 Å². The van der Waals surface area contributed by atoms with Crippen LogP contribution in [0, 0.1) is 11.3 Å². The Kier molecular flexibility index (Phi) is 6.08. The standard InChI is InChI=1S/C12H20N2O4/c1-8(2)12(3,4)7-13-11(18)14-9(15)5-6-10(16)17/h5-6,8H,7H2,1-4H3,(H,16,17)(H2,13,14,15,18)/b6-5+. The second-order valence-corrected chi connectivity index (χ2v) is 4.99. The number of carbonyl (C=O) groups is 3. The molecule has 0 unspecified atom stereocenters. The van der Waals surface area contributed by atoms with Crippen molar-refractivity contribution in [2.45, 2.75) is 27.7 Å². The topological polar surface area (TPSA) is 95.5 Å². The Labute approximate surface area is 106 Å². The zero-order valence-corrected chi connectivity index (χ0v) is 11.1. The summed E-state index contributed by atoms with van der Waals surface area (Å²) in [5.74, 6) is -1.64. The van der Waals surface area contributed by atoms with E-state index in [-0.39, 0.29) is 5.41 Å². The van der Waals surface area contributed by atoms with E-state index in [2.05, 4.69) is 5.32 Å². The average molecular weight is 256 g/mol. The number of imide groups is 1. The van der Waals surface area contributed by atoms with Gasteiger partial charge in [0.25, 0.3) is 5.91 Å². The van der Waals surface area contributed by atoms with Gasteiger partial charge >= 0.3 is 12.0 Å². The molecule has 6 heteroatoms. The zero-order valence-electron chi connectivity index (χ0n) is 11.1. The van der Waals surface area contributed by atoms with Crippen LogP contribution in [0.3, 0.4) is 0 Å². The molecule has 0 aliphatic heterocycles. The third-order valence-corrected chi connectivity index (χ3v) is 2.88. The van der Waals surface area contributed by atoms with Crippen LogP contribution in [0.15, 0.2) is 12.2 Å². The highest BCUT2D eigenvalue weighted by Gasteiger charge is 2.22. The third kappa shape index (κ3) is 6.67. The highest BCUT2D eigenvalue weighted by molar-refractivity contribution is 6.02. The molecular weight excluding hydrogens is 236 g/mol. The van der Waals surface area contributed by atoms with Crippen LogP contribution in [0.25, 0.3) is 0 Å². The molecule has 3 amide bonds. The summed E-state index contributed by atoms with van der Waals surface area (Å²) in [6, 6.07) is -0.635. The van der Waals surface area contributed by atoms with Gasteiger partial charge in [0.2, 0.25) is 0 Å². The minimum atomic E-state index is -1.24. The number of nitrogens with one attached hydrogen (secondary N) is 2. The first kappa shape index (κ1) is 16.1. The lowest BCUT2D eigenvalue weighted by Gasteiger charge is -2.29. The average Bonchev–Trinajstić information content (AvgIpc) is 2.23. The molecule has 102 valence electrons. The lowest BCUT2D eigenvalue weighted by molar-refractivity contribution is -0.131. The summed E-state index contributed by atoms with van der Waals surface area (Å²) in [5, 5.41) is 12.9. The first-order valence-corrected chi connectivity index (χ1v) is 5.65. The lowest BCUT2D eigenvalue weighted by Crippen LogP contribution is -2.44. The van der Waals surface area contributed by atoms with Crippen LogP contribution in [0.4, 0.5) is 4.79 Å². The molecule has 0 heterocycles. The molecular formula is C12H20N2O4. The highest BCUT2D eigenvalue weighted by atomic mass is 16.4. The van der Waals surface area contributed by atoms with Crippen LogP contribution in [0.1, 0.15) is 27.7 Å². The molecule has 0 aromatic rings. The van der Waals surface area contributed by atoms with Crippen molar-refractivity contribution in [2.24, 2.45) is 11.3 Å². The Hall–Kier alpha value is -1.85. The van der Waals surface area contributed by atoms with Gasteiger partial charge in [0.1, 0.15) is 0 Å². The van der Waals surface area contributed by atoms with Crippen molar-refractivity contribution in [3.05, 3.63) is 12.2 Å². The maximum atomic E-state index is 11.3. The molecule has 0 aromatic heterocycles. The fourth-order valence-electron chi connectivity index (χ4n) is 0.857. The number of carboxylic acid groups (broad SMARTS) is 1. The van der Waals surface area contributed by atoms with Gasteiger partial charge in [0.05, 0.1) is 0 Å². The molecule has 0 atom stereocenters. The van der Waals surface area contributed by atoms with Gasteiger partial charge in [-0.25, -0.2) is 9.59 Å². The van der Waals surface area contributed by atoms with Gasteiger partial charge in [0, 0.05) is 18.7 Å². The summed E-state index contributed by atoms with van der Waals surface area (Å²) in [6.45, 7) is 8.52. The maximum absolute atomic E-state index is 11.3. The number of urea groups is 1. The number of rotatable bonds is 5. The third-order valence-electron chi connectivity index (χ3n) is 2.88. The lowest BCUT2D eigenvalue weighted by atomic mass is 9.81. The van der Waals surface area contributed by atoms with Gasteiger partial charge in [0.15, 0.2) is 0 Å². The number of carbonyl (C=O) groups excluding carboxylic acids is 2. The van der Waals surface area contributed by atoms with Crippen molar-refractivity contribution in [3.8, 4) is 0 Å². The normalized spacial score (nSPS) is 11.6. The van der Waals surface area contributed by atoms with Crippen molar-refractivity contribution in [3.63, 3.8) is 0 Å². The molecule has 0 saturated carbocycles. The molecule has 0 fully saturated rings. The second-order valence-electron chi connectivity index (χ2n) is 4.99. The van der Waals surface area contributed by atoms with Crippen molar-refractivity contribution >= 4 is 17.9 Å². The fourth-order valence-corrected chi connectivity index (χ4v) is 0.857. The van der Waals surface area contributed by atoms with E-state index >= 15 is 0 Å². The van der Waals surface area contributed by atoms with E-state index in [0.717, 1.165) is 6.08 Å². The molecule has 18 heavy (non-hydrogen) atoms. The summed E-state index contributed by atoms with van der Waals surface area (Å²) in [6.07, 6.45) is 1.45. The molecule has 0 spiro atoms. The van der Waals surface area contributed by atoms with E-state index in [1.165, 1.54) is 0 Å². The summed E-state index contributed by atoms with van der Waals surface area (Å²) < 4.78 is 0. The maximum Gasteiger partial charge on any atom is 0.328 e. The predicted molar refractivity (Wildman–Crippen MR) is 66.9 cm³/mol. The smallest absolute Gasteiger partial charge is 0.328 e. The van der Waals surface area contributed by atoms with Gasteiger partial charge in [-0.05, 0) is 11.3 Å². The fraction of sp³-hybridized carbons (Fsp3) is 0.583. The summed E-state index contributed by atoms with van der Waals surface area (Å²) in [5.41, 5.74) is -0.0860. The number of carboxylic acids is 1. The van der Waals surface area contributed by atoms with Gasteiger partial charge < -0.3 is 10.4 Å². The molecule has 0 aliphatic rings. The number of hydrogen-bond donors (Lipinski definition) is 3. The van der Waals surface area contributed by atoms with Gasteiger partial charge in [-0.2, -0.15) is 0 Å². The number of amides is 3. The SMILES string of the molecule is CC(C)C(C)(C)CNC(=O)NC(=O)/C=C/C(=O)O. The minimum absolute atomic E-state index is 0.0860. The molecule has 0 saturated heterocycles. The van der Waals surface area contributed by atoms with Crippen LogP contribution in [-0.4, -0.2) is 29.6 Å². The first-order chi connectivity index (χ1) is 8.15. The monoisotopic (exact) mass is 256 g/mol. The zero-order chi connectivity index (χ0) is 14.3. The van der Waals surface area contributed by atoms with Crippen molar-refractivity contribution in [2.75, 3.05) is 6.54 Å². The number of aliphatic carboxylic acids is 1. The van der Waals surface area contributed by atoms with Crippen molar-refractivity contribution in [1.82, 2.24) is 10.6 Å². The Bertz CT molecular complexity index is 359. The Morgan fingerprint density at radius 3 is 2.22 bits per heavy atom. The minimum Gasteiger partial charge on any atom is -0.478 e. The Morgan fingerprint density at radius 2 is 1.78 bits per heavy atom. The van der Waals surface area contributed by atoms with E-state index in [4.69, 9.17) is 5.11 Å². The summed E-state index contributed by atoms with van der Waals surface area (Å²) >= 11 is 0. The molecule has 0 aliphatic carbocycles. The summed E-state index contributed by atoms with van der Waals surface area (Å²) in [4.78, 5) is 32.6. The Morgan fingerprint density at radius 1 is 1.22 bits per heavy atom. The largest absolute Gasteiger partial charge is 0.478 e. The Balaban J connectivity index is 4.14. The number of hydrogen-bond acceptors (Lipinski definition) is 3. The highest BCUT2D eigenvalue weighted by Crippen LogP contribution is 2.24. The second kappa shape index (κ2) is 6.78.